The van der Waals surface area contributed by atoms with Gasteiger partial charge in [-0.15, -0.1) is 0 Å². The van der Waals surface area contributed by atoms with Crippen LogP contribution in [0.4, 0.5) is 14.6 Å². The summed E-state index contributed by atoms with van der Waals surface area (Å²) in [5.41, 5.74) is 5.70. The number of aromatic nitrogens is 5. The number of fused-ring (bicyclic) bond motifs is 4. The fraction of sp³-hybridized carbons (Fsp3) is 0.208. The molecule has 0 spiro atoms. The number of para-hydroxylation sites is 1. The van der Waals surface area contributed by atoms with Gasteiger partial charge in [-0.1, -0.05) is 12.1 Å². The van der Waals surface area contributed by atoms with Crippen molar-refractivity contribution in [2.45, 2.75) is 32.2 Å². The Hall–Kier alpha value is -3.81. The van der Waals surface area contributed by atoms with Gasteiger partial charge in [0, 0.05) is 40.5 Å². The van der Waals surface area contributed by atoms with Crippen LogP contribution in [-0.4, -0.2) is 30.6 Å². The van der Waals surface area contributed by atoms with Crippen LogP contribution in [0.5, 0.6) is 0 Å². The van der Waals surface area contributed by atoms with Crippen LogP contribution in [0, 0.1) is 18.6 Å². The molecular weight excluding hydrogens is 410 g/mol. The molecule has 6 rings (SSSR count). The molecule has 1 aliphatic rings. The maximum absolute atomic E-state index is 14.2. The first-order valence-corrected chi connectivity index (χ1v) is 10.6. The Balaban J connectivity index is 1.39. The third-order valence-corrected chi connectivity index (χ3v) is 6.17. The second-order valence-electron chi connectivity index (χ2n) is 8.31. The fourth-order valence-electron chi connectivity index (χ4n) is 4.61. The molecule has 0 fully saturated rings. The number of aromatic amines is 1. The van der Waals surface area contributed by atoms with Gasteiger partial charge in [-0.25, -0.2) is 13.8 Å². The number of aryl methyl sites for hydroxylation is 2. The number of anilines is 1. The molecule has 4 heterocycles. The van der Waals surface area contributed by atoms with E-state index in [1.807, 2.05) is 19.1 Å². The fourth-order valence-corrected chi connectivity index (χ4v) is 4.61. The highest BCUT2D eigenvalue weighted by molar-refractivity contribution is 5.85. The number of hydrogen-bond donors (Lipinski definition) is 2. The van der Waals surface area contributed by atoms with Crippen LogP contribution in [-0.2, 0) is 12.8 Å². The molecule has 0 bridgehead atoms. The zero-order valence-corrected chi connectivity index (χ0v) is 17.4. The van der Waals surface area contributed by atoms with Crippen LogP contribution in [0.15, 0.2) is 48.9 Å². The van der Waals surface area contributed by atoms with Gasteiger partial charge in [-0.3, -0.25) is 4.98 Å². The van der Waals surface area contributed by atoms with Crippen molar-refractivity contribution in [3.05, 3.63) is 77.4 Å². The van der Waals surface area contributed by atoms with E-state index in [1.54, 1.807) is 23.0 Å². The van der Waals surface area contributed by atoms with Crippen LogP contribution >= 0.6 is 0 Å². The number of halogens is 2. The zero-order valence-electron chi connectivity index (χ0n) is 17.4. The van der Waals surface area contributed by atoms with Crippen LogP contribution < -0.4 is 5.32 Å². The Morgan fingerprint density at radius 3 is 2.94 bits per heavy atom. The lowest BCUT2D eigenvalue weighted by Crippen LogP contribution is -2.28. The monoisotopic (exact) mass is 430 g/mol. The van der Waals surface area contributed by atoms with Gasteiger partial charge in [0.25, 0.3) is 0 Å². The normalized spacial score (nSPS) is 15.9. The van der Waals surface area contributed by atoms with Gasteiger partial charge in [-0.2, -0.15) is 9.61 Å². The molecule has 0 saturated heterocycles. The molecule has 5 aromatic rings. The third kappa shape index (κ3) is 3.02. The molecule has 1 aliphatic carbocycles. The summed E-state index contributed by atoms with van der Waals surface area (Å²) in [6.45, 7) is 1.94. The number of pyridine rings is 1. The predicted molar refractivity (Wildman–Crippen MR) is 119 cm³/mol. The molecule has 32 heavy (non-hydrogen) atoms. The molecule has 160 valence electrons. The van der Waals surface area contributed by atoms with Gasteiger partial charge in [0.15, 0.2) is 5.65 Å². The van der Waals surface area contributed by atoms with E-state index in [2.05, 4.69) is 25.4 Å². The predicted octanol–water partition coefficient (Wildman–Crippen LogP) is 4.83. The summed E-state index contributed by atoms with van der Waals surface area (Å²) < 4.78 is 29.8. The van der Waals surface area contributed by atoms with Crippen molar-refractivity contribution in [1.29, 1.82) is 0 Å². The quantitative estimate of drug-likeness (QED) is 0.430. The lowest BCUT2D eigenvalue weighted by atomic mass is 9.91. The highest BCUT2D eigenvalue weighted by Crippen LogP contribution is 2.32. The summed E-state index contributed by atoms with van der Waals surface area (Å²) in [6, 6.07) is 8.64. The van der Waals surface area contributed by atoms with Gasteiger partial charge in [0.05, 0.1) is 23.6 Å². The Morgan fingerprint density at radius 1 is 1.16 bits per heavy atom. The van der Waals surface area contributed by atoms with E-state index in [4.69, 9.17) is 0 Å². The van der Waals surface area contributed by atoms with Gasteiger partial charge in [0.1, 0.15) is 17.5 Å². The van der Waals surface area contributed by atoms with Gasteiger partial charge < -0.3 is 10.3 Å². The number of H-pyrrole nitrogens is 1. The number of nitrogens with one attached hydrogen (secondary N) is 2. The maximum Gasteiger partial charge on any atom is 0.160 e. The van der Waals surface area contributed by atoms with Crippen molar-refractivity contribution in [1.82, 2.24) is 24.6 Å². The average Bonchev–Trinajstić information content (AvgIpc) is 3.35. The molecule has 1 aromatic carbocycles. The van der Waals surface area contributed by atoms with E-state index < -0.39 is 5.82 Å². The maximum atomic E-state index is 14.2. The Bertz CT molecular complexity index is 1490. The van der Waals surface area contributed by atoms with E-state index in [0.717, 1.165) is 47.3 Å². The van der Waals surface area contributed by atoms with Crippen LogP contribution in [0.3, 0.4) is 0 Å². The molecule has 0 amide bonds. The molecule has 0 saturated carbocycles. The van der Waals surface area contributed by atoms with Crippen molar-refractivity contribution in [2.24, 2.45) is 0 Å². The van der Waals surface area contributed by atoms with Crippen LogP contribution in [0.25, 0.3) is 27.8 Å². The largest absolute Gasteiger partial charge is 0.367 e. The first-order valence-electron chi connectivity index (χ1n) is 10.6. The van der Waals surface area contributed by atoms with Crippen molar-refractivity contribution >= 4 is 22.4 Å². The molecule has 8 heteroatoms. The van der Waals surface area contributed by atoms with E-state index in [1.165, 1.54) is 18.3 Å². The molecule has 2 N–H and O–H groups in total. The summed E-state index contributed by atoms with van der Waals surface area (Å²) in [4.78, 5) is 11.9. The molecular formula is C24H20F2N6. The number of benzene rings is 1. The van der Waals surface area contributed by atoms with Crippen LogP contribution in [0.1, 0.15) is 23.2 Å². The SMILES string of the molecule is Cc1cnn2c(N[C@H]3CCc4[nH]c5c(F)cccc5c4C3)cc(-c3cncc(F)c3)nc12. The van der Waals surface area contributed by atoms with Crippen molar-refractivity contribution < 1.29 is 8.78 Å². The minimum Gasteiger partial charge on any atom is -0.367 e. The van der Waals surface area contributed by atoms with E-state index in [-0.39, 0.29) is 11.9 Å². The number of hydrogen-bond acceptors (Lipinski definition) is 4. The Kier molecular flexibility index (Phi) is 4.21. The van der Waals surface area contributed by atoms with Crippen molar-refractivity contribution in [2.75, 3.05) is 5.32 Å². The molecule has 6 nitrogen and oxygen atoms in total. The summed E-state index contributed by atoms with van der Waals surface area (Å²) in [5, 5.41) is 9.03. The summed E-state index contributed by atoms with van der Waals surface area (Å²) in [6.07, 6.45) is 7.03. The van der Waals surface area contributed by atoms with E-state index in [0.29, 0.717) is 22.4 Å². The van der Waals surface area contributed by atoms with Gasteiger partial charge in [0.2, 0.25) is 0 Å². The molecule has 0 radical (unpaired) electrons. The summed E-state index contributed by atoms with van der Waals surface area (Å²) >= 11 is 0. The number of rotatable bonds is 3. The standard InChI is InChI=1S/C24H20F2N6/c1-13-10-28-32-22(9-21(31-24(13)32)14-7-15(25)12-27-11-14)29-16-5-6-20-18(8-16)17-3-2-4-19(26)23(17)30-20/h2-4,7,9-12,16,29-30H,5-6,8H2,1H3/t16-/m0/s1. The molecule has 4 aromatic heterocycles. The van der Waals surface area contributed by atoms with E-state index in [9.17, 15) is 8.78 Å². The first kappa shape index (κ1) is 18.9. The summed E-state index contributed by atoms with van der Waals surface area (Å²) in [5.74, 6) is 0.148. The average molecular weight is 430 g/mol. The van der Waals surface area contributed by atoms with Gasteiger partial charge >= 0.3 is 0 Å². The van der Waals surface area contributed by atoms with E-state index >= 15 is 0 Å². The Labute approximate surface area is 182 Å². The Morgan fingerprint density at radius 2 is 2.06 bits per heavy atom. The van der Waals surface area contributed by atoms with Gasteiger partial charge in [-0.05, 0) is 43.9 Å². The summed E-state index contributed by atoms with van der Waals surface area (Å²) in [7, 11) is 0. The lowest BCUT2D eigenvalue weighted by molar-refractivity contribution is 0.602. The molecule has 0 unspecified atom stereocenters. The highest BCUT2D eigenvalue weighted by atomic mass is 19.1. The molecule has 0 aliphatic heterocycles. The number of nitrogens with zero attached hydrogens (tertiary/aromatic N) is 4. The second-order valence-corrected chi connectivity index (χ2v) is 8.31. The topological polar surface area (TPSA) is 70.9 Å². The van der Waals surface area contributed by atoms with Crippen molar-refractivity contribution in [3.8, 4) is 11.3 Å². The lowest BCUT2D eigenvalue weighted by Gasteiger charge is -2.25. The van der Waals surface area contributed by atoms with Crippen molar-refractivity contribution in [3.63, 3.8) is 0 Å². The smallest absolute Gasteiger partial charge is 0.160 e. The minimum absolute atomic E-state index is 0.137. The van der Waals surface area contributed by atoms with Crippen LogP contribution in [0.2, 0.25) is 0 Å². The molecule has 1 atom stereocenters. The third-order valence-electron chi connectivity index (χ3n) is 6.17. The highest BCUT2D eigenvalue weighted by Gasteiger charge is 2.24. The zero-order chi connectivity index (χ0) is 21.8. The minimum atomic E-state index is -0.407. The second kappa shape index (κ2) is 7.12. The first-order chi connectivity index (χ1) is 15.6.